The van der Waals surface area contributed by atoms with E-state index in [4.69, 9.17) is 16.3 Å². The molecule has 0 aliphatic carbocycles. The normalized spacial score (nSPS) is 17.2. The third-order valence-corrected chi connectivity index (χ3v) is 6.35. The van der Waals surface area contributed by atoms with Crippen LogP contribution in [0.5, 0.6) is 5.75 Å². The number of carbonyl (C=O) groups is 2. The number of fused-ring (bicyclic) bond motifs is 1. The quantitative estimate of drug-likeness (QED) is 0.199. The van der Waals surface area contributed by atoms with Gasteiger partial charge in [0.15, 0.2) is 0 Å². The number of hydrogen-bond acceptors (Lipinski definition) is 4. The van der Waals surface area contributed by atoms with E-state index in [9.17, 15) is 14.7 Å². The Hall–Kier alpha value is -4.09. The highest BCUT2D eigenvalue weighted by Crippen LogP contribution is 2.43. The van der Waals surface area contributed by atoms with Gasteiger partial charge in [0.05, 0.1) is 18.2 Å². The lowest BCUT2D eigenvalue weighted by Crippen LogP contribution is -2.29. The Morgan fingerprint density at radius 2 is 1.60 bits per heavy atom. The Labute approximate surface area is 207 Å². The minimum Gasteiger partial charge on any atom is -0.507 e. The van der Waals surface area contributed by atoms with Crippen LogP contribution in [-0.2, 0) is 9.59 Å². The Morgan fingerprint density at radius 1 is 0.914 bits per heavy atom. The number of hydrogen-bond donors (Lipinski definition) is 1. The number of nitrogens with zero attached hydrogens (tertiary/aromatic N) is 1. The molecule has 174 valence electrons. The molecular weight excluding hydrogens is 462 g/mol. The zero-order valence-corrected chi connectivity index (χ0v) is 19.7. The smallest absolute Gasteiger partial charge is 0.300 e. The monoisotopic (exact) mass is 483 g/mol. The van der Waals surface area contributed by atoms with Gasteiger partial charge in [-0.2, -0.15) is 0 Å². The van der Waals surface area contributed by atoms with Gasteiger partial charge in [-0.1, -0.05) is 66.2 Å². The molecule has 1 aliphatic rings. The van der Waals surface area contributed by atoms with Crippen molar-refractivity contribution < 1.29 is 19.4 Å². The molecule has 0 radical (unpaired) electrons. The molecule has 4 aromatic carbocycles. The maximum Gasteiger partial charge on any atom is 0.300 e. The van der Waals surface area contributed by atoms with Crippen molar-refractivity contribution in [3.05, 3.63) is 113 Å². The van der Waals surface area contributed by atoms with E-state index < -0.39 is 17.7 Å². The number of carbonyl (C=O) groups excluding carboxylic acids is 2. The minimum absolute atomic E-state index is 0.0328. The van der Waals surface area contributed by atoms with Gasteiger partial charge in [-0.15, -0.1) is 0 Å². The Kier molecular flexibility index (Phi) is 6.01. The van der Waals surface area contributed by atoms with Crippen molar-refractivity contribution in [2.24, 2.45) is 0 Å². The molecule has 1 atom stereocenters. The van der Waals surface area contributed by atoms with Crippen molar-refractivity contribution in [3.63, 3.8) is 0 Å². The largest absolute Gasteiger partial charge is 0.507 e. The van der Waals surface area contributed by atoms with Gasteiger partial charge in [0, 0.05) is 16.3 Å². The summed E-state index contributed by atoms with van der Waals surface area (Å²) in [6.07, 6.45) is 0. The van der Waals surface area contributed by atoms with Crippen molar-refractivity contribution >= 4 is 45.5 Å². The number of anilines is 1. The molecule has 1 saturated heterocycles. The van der Waals surface area contributed by atoms with Crippen LogP contribution in [0.25, 0.3) is 16.5 Å². The number of aliphatic hydroxyl groups excluding tert-OH is 1. The third kappa shape index (κ3) is 4.04. The summed E-state index contributed by atoms with van der Waals surface area (Å²) in [4.78, 5) is 28.1. The van der Waals surface area contributed by atoms with Crippen LogP contribution in [0.2, 0.25) is 5.02 Å². The molecule has 0 saturated carbocycles. The van der Waals surface area contributed by atoms with E-state index in [1.807, 2.05) is 43.3 Å². The van der Waals surface area contributed by atoms with Gasteiger partial charge in [0.1, 0.15) is 11.5 Å². The third-order valence-electron chi connectivity index (χ3n) is 6.10. The lowest BCUT2D eigenvalue weighted by molar-refractivity contribution is -0.132. The molecule has 0 aromatic heterocycles. The first-order valence-corrected chi connectivity index (χ1v) is 11.6. The molecule has 1 fully saturated rings. The SMILES string of the molecule is CCOc1ccc(C2/C(=C(/O)c3cccc4ccccc34)C(=O)C(=O)N2c2ccc(Cl)cc2)cc1. The molecule has 35 heavy (non-hydrogen) atoms. The average molecular weight is 484 g/mol. The standard InChI is InChI=1S/C29H22ClNO4/c1-2-35-22-16-10-19(11-17-22)26-25(27(32)24-9-5-7-18-6-3-4-8-23(18)24)28(33)29(34)31(26)21-14-12-20(30)13-15-21/h3-17,26,32H,2H2,1H3/b27-25-. The van der Waals surface area contributed by atoms with Crippen molar-refractivity contribution in [1.29, 1.82) is 0 Å². The van der Waals surface area contributed by atoms with E-state index >= 15 is 0 Å². The van der Waals surface area contributed by atoms with Crippen LogP contribution in [0.4, 0.5) is 5.69 Å². The molecule has 1 N–H and O–H groups in total. The highest BCUT2D eigenvalue weighted by Gasteiger charge is 2.47. The number of aliphatic hydroxyl groups is 1. The molecule has 0 spiro atoms. The van der Waals surface area contributed by atoms with Crippen LogP contribution < -0.4 is 9.64 Å². The molecule has 0 bridgehead atoms. The summed E-state index contributed by atoms with van der Waals surface area (Å²) >= 11 is 6.06. The molecule has 1 heterocycles. The van der Waals surface area contributed by atoms with Crippen molar-refractivity contribution in [2.75, 3.05) is 11.5 Å². The molecule has 5 rings (SSSR count). The number of amides is 1. The second kappa shape index (κ2) is 9.28. The van der Waals surface area contributed by atoms with Crippen LogP contribution in [0.3, 0.4) is 0 Å². The van der Waals surface area contributed by atoms with E-state index in [0.29, 0.717) is 34.2 Å². The van der Waals surface area contributed by atoms with Gasteiger partial charge in [0.25, 0.3) is 11.7 Å². The van der Waals surface area contributed by atoms with Gasteiger partial charge >= 0.3 is 0 Å². The zero-order valence-electron chi connectivity index (χ0n) is 18.9. The van der Waals surface area contributed by atoms with Crippen LogP contribution in [-0.4, -0.2) is 23.4 Å². The predicted molar refractivity (Wildman–Crippen MR) is 138 cm³/mol. The Bertz CT molecular complexity index is 1450. The second-order valence-electron chi connectivity index (χ2n) is 8.17. The van der Waals surface area contributed by atoms with Crippen molar-refractivity contribution in [2.45, 2.75) is 13.0 Å². The molecule has 1 aliphatic heterocycles. The zero-order chi connectivity index (χ0) is 24.5. The van der Waals surface area contributed by atoms with E-state index in [2.05, 4.69) is 0 Å². The fourth-order valence-electron chi connectivity index (χ4n) is 4.51. The highest BCUT2D eigenvalue weighted by molar-refractivity contribution is 6.51. The van der Waals surface area contributed by atoms with Crippen molar-refractivity contribution in [3.8, 4) is 5.75 Å². The lowest BCUT2D eigenvalue weighted by Gasteiger charge is -2.25. The number of ketones is 1. The number of halogens is 1. The lowest BCUT2D eigenvalue weighted by atomic mass is 9.93. The summed E-state index contributed by atoms with van der Waals surface area (Å²) in [6, 6.07) is 26.2. The average Bonchev–Trinajstić information content (AvgIpc) is 3.15. The van der Waals surface area contributed by atoms with Gasteiger partial charge in [-0.3, -0.25) is 14.5 Å². The summed E-state index contributed by atoms with van der Waals surface area (Å²) in [5.74, 6) is -0.999. The van der Waals surface area contributed by atoms with Gasteiger partial charge < -0.3 is 9.84 Å². The molecule has 1 amide bonds. The predicted octanol–water partition coefficient (Wildman–Crippen LogP) is 6.52. The summed E-state index contributed by atoms with van der Waals surface area (Å²) in [6.45, 7) is 2.41. The fourth-order valence-corrected chi connectivity index (χ4v) is 4.63. The number of Topliss-reactive ketones (excluding diaryl/α,β-unsaturated/α-hetero) is 1. The molecule has 4 aromatic rings. The number of rotatable bonds is 5. The molecule has 1 unspecified atom stereocenters. The first-order chi connectivity index (χ1) is 17.0. The topological polar surface area (TPSA) is 66.8 Å². The Balaban J connectivity index is 1.73. The van der Waals surface area contributed by atoms with Gasteiger partial charge in [-0.25, -0.2) is 0 Å². The maximum absolute atomic E-state index is 13.4. The molecule has 6 heteroatoms. The van der Waals surface area contributed by atoms with Crippen LogP contribution in [0, 0.1) is 0 Å². The van der Waals surface area contributed by atoms with E-state index in [0.717, 1.165) is 10.8 Å². The van der Waals surface area contributed by atoms with E-state index in [1.54, 1.807) is 54.6 Å². The second-order valence-corrected chi connectivity index (χ2v) is 8.61. The Morgan fingerprint density at radius 3 is 2.31 bits per heavy atom. The van der Waals surface area contributed by atoms with Crippen LogP contribution in [0.1, 0.15) is 24.1 Å². The molecular formula is C29H22ClNO4. The highest BCUT2D eigenvalue weighted by atomic mass is 35.5. The first-order valence-electron chi connectivity index (χ1n) is 11.3. The van der Waals surface area contributed by atoms with E-state index in [-0.39, 0.29) is 11.3 Å². The number of benzene rings is 4. The van der Waals surface area contributed by atoms with Crippen LogP contribution in [0.15, 0.2) is 96.6 Å². The van der Waals surface area contributed by atoms with Crippen molar-refractivity contribution in [1.82, 2.24) is 0 Å². The summed E-state index contributed by atoms with van der Waals surface area (Å²) in [5, 5.41) is 13.7. The van der Waals surface area contributed by atoms with Gasteiger partial charge in [-0.05, 0) is 59.7 Å². The summed E-state index contributed by atoms with van der Waals surface area (Å²) in [7, 11) is 0. The minimum atomic E-state index is -0.828. The fraction of sp³-hybridized carbons (Fsp3) is 0.103. The van der Waals surface area contributed by atoms with E-state index in [1.165, 1.54) is 4.90 Å². The van der Waals surface area contributed by atoms with Crippen LogP contribution >= 0.6 is 11.6 Å². The first kappa shape index (κ1) is 22.7. The van der Waals surface area contributed by atoms with Gasteiger partial charge in [0.2, 0.25) is 0 Å². The summed E-state index contributed by atoms with van der Waals surface area (Å²) < 4.78 is 5.56. The maximum atomic E-state index is 13.4. The molecule has 5 nitrogen and oxygen atoms in total. The summed E-state index contributed by atoms with van der Waals surface area (Å²) in [5.41, 5.74) is 1.70. The number of ether oxygens (including phenoxy) is 1.